The predicted octanol–water partition coefficient (Wildman–Crippen LogP) is 2.73. The summed E-state index contributed by atoms with van der Waals surface area (Å²) in [6.07, 6.45) is 5.36. The molecule has 2 N–H and O–H groups in total. The highest BCUT2D eigenvalue weighted by atomic mass is 32.2. The average molecular weight is 310 g/mol. The van der Waals surface area contributed by atoms with Crippen molar-refractivity contribution in [2.75, 3.05) is 7.05 Å². The van der Waals surface area contributed by atoms with Crippen LogP contribution in [0, 0.1) is 5.92 Å². The Kier molecular flexibility index (Phi) is 5.41. The molecule has 0 unspecified atom stereocenters. The van der Waals surface area contributed by atoms with Crippen LogP contribution in [-0.2, 0) is 16.6 Å². The zero-order valence-corrected chi connectivity index (χ0v) is 13.8. The minimum atomic E-state index is -3.45. The average Bonchev–Trinajstić information content (AvgIpc) is 2.54. The zero-order chi connectivity index (χ0) is 15.5. The summed E-state index contributed by atoms with van der Waals surface area (Å²) >= 11 is 0. The van der Waals surface area contributed by atoms with Gasteiger partial charge in [-0.1, -0.05) is 31.5 Å². The molecule has 0 atom stereocenters. The van der Waals surface area contributed by atoms with Gasteiger partial charge in [0.25, 0.3) is 0 Å². The first-order chi connectivity index (χ1) is 10.0. The Bertz CT molecular complexity index is 563. The summed E-state index contributed by atoms with van der Waals surface area (Å²) in [6.45, 7) is 2.45. The fourth-order valence-electron chi connectivity index (χ4n) is 3.19. The zero-order valence-electron chi connectivity index (χ0n) is 13.0. The van der Waals surface area contributed by atoms with Crippen LogP contribution in [0.5, 0.6) is 0 Å². The summed E-state index contributed by atoms with van der Waals surface area (Å²) in [7, 11) is -1.74. The molecule has 1 saturated carbocycles. The quantitative estimate of drug-likeness (QED) is 0.909. The number of nitrogens with two attached hydrogens (primary N) is 1. The van der Waals surface area contributed by atoms with Gasteiger partial charge in [-0.25, -0.2) is 8.42 Å². The van der Waals surface area contributed by atoms with Crippen molar-refractivity contribution < 1.29 is 8.42 Å². The number of hydrogen-bond acceptors (Lipinski definition) is 3. The molecule has 0 spiro atoms. The Hall–Kier alpha value is -0.910. The van der Waals surface area contributed by atoms with E-state index in [0.29, 0.717) is 10.5 Å². The van der Waals surface area contributed by atoms with Gasteiger partial charge in [-0.2, -0.15) is 4.31 Å². The minimum Gasteiger partial charge on any atom is -0.326 e. The lowest BCUT2D eigenvalue weighted by atomic mass is 9.85. The molecule has 1 fully saturated rings. The highest BCUT2D eigenvalue weighted by molar-refractivity contribution is 7.89. The van der Waals surface area contributed by atoms with Crippen LogP contribution >= 0.6 is 0 Å². The van der Waals surface area contributed by atoms with E-state index in [0.717, 1.165) is 31.6 Å². The molecule has 0 heterocycles. The van der Waals surface area contributed by atoms with Crippen molar-refractivity contribution in [1.82, 2.24) is 4.31 Å². The van der Waals surface area contributed by atoms with E-state index < -0.39 is 10.0 Å². The Morgan fingerprint density at radius 2 is 1.81 bits per heavy atom. The number of hydrogen-bond donors (Lipinski definition) is 1. The standard InChI is InChI=1S/C16H26N2O2S/c1-3-13-8-10-15(11-9-13)18(2)21(19,20)16-7-5-4-6-14(16)12-17/h4-7,13,15H,3,8-12,17H2,1-2H3. The maximum Gasteiger partial charge on any atom is 0.243 e. The second-order valence-corrected chi connectivity index (χ2v) is 7.88. The van der Waals surface area contributed by atoms with Gasteiger partial charge in [0, 0.05) is 19.6 Å². The normalized spacial score (nSPS) is 23.4. The summed E-state index contributed by atoms with van der Waals surface area (Å²) in [5.74, 6) is 0.758. The molecular weight excluding hydrogens is 284 g/mol. The second-order valence-electron chi connectivity index (χ2n) is 5.92. The van der Waals surface area contributed by atoms with Crippen LogP contribution in [-0.4, -0.2) is 25.8 Å². The van der Waals surface area contributed by atoms with E-state index in [2.05, 4.69) is 6.92 Å². The van der Waals surface area contributed by atoms with E-state index in [9.17, 15) is 8.42 Å². The van der Waals surface area contributed by atoms with Crippen LogP contribution < -0.4 is 5.73 Å². The highest BCUT2D eigenvalue weighted by Crippen LogP contribution is 2.31. The molecule has 0 amide bonds. The first-order valence-electron chi connectivity index (χ1n) is 7.76. The summed E-state index contributed by atoms with van der Waals surface area (Å²) in [5.41, 5.74) is 6.37. The molecule has 5 heteroatoms. The number of nitrogens with zero attached hydrogens (tertiary/aromatic N) is 1. The molecule has 21 heavy (non-hydrogen) atoms. The van der Waals surface area contributed by atoms with E-state index in [-0.39, 0.29) is 12.6 Å². The van der Waals surface area contributed by atoms with Gasteiger partial charge in [-0.15, -0.1) is 0 Å². The molecule has 0 aliphatic heterocycles. The number of sulfonamides is 1. The van der Waals surface area contributed by atoms with E-state index in [1.54, 1.807) is 29.6 Å². The van der Waals surface area contributed by atoms with Gasteiger partial charge >= 0.3 is 0 Å². The van der Waals surface area contributed by atoms with Crippen LogP contribution in [0.1, 0.15) is 44.6 Å². The Morgan fingerprint density at radius 1 is 1.19 bits per heavy atom. The smallest absolute Gasteiger partial charge is 0.243 e. The van der Waals surface area contributed by atoms with Crippen molar-refractivity contribution in [1.29, 1.82) is 0 Å². The summed E-state index contributed by atoms with van der Waals surface area (Å²) in [5, 5.41) is 0. The highest BCUT2D eigenvalue weighted by Gasteiger charge is 2.31. The fourth-order valence-corrected chi connectivity index (χ4v) is 4.84. The van der Waals surface area contributed by atoms with Crippen LogP contribution in [0.25, 0.3) is 0 Å². The van der Waals surface area contributed by atoms with Crippen molar-refractivity contribution >= 4 is 10.0 Å². The van der Waals surface area contributed by atoms with Crippen LogP contribution in [0.3, 0.4) is 0 Å². The molecule has 0 bridgehead atoms. The molecule has 0 radical (unpaired) electrons. The Labute approximate surface area is 128 Å². The number of rotatable bonds is 5. The second kappa shape index (κ2) is 6.90. The lowest BCUT2D eigenvalue weighted by Crippen LogP contribution is -2.39. The van der Waals surface area contributed by atoms with Crippen molar-refractivity contribution in [3.8, 4) is 0 Å². The van der Waals surface area contributed by atoms with Crippen molar-refractivity contribution in [3.63, 3.8) is 0 Å². The lowest BCUT2D eigenvalue weighted by Gasteiger charge is -2.34. The van der Waals surface area contributed by atoms with E-state index in [1.165, 1.54) is 6.42 Å². The number of benzene rings is 1. The van der Waals surface area contributed by atoms with Crippen LogP contribution in [0.4, 0.5) is 0 Å². The monoisotopic (exact) mass is 310 g/mol. The van der Waals surface area contributed by atoms with Gasteiger partial charge in [-0.3, -0.25) is 0 Å². The predicted molar refractivity (Wildman–Crippen MR) is 85.3 cm³/mol. The largest absolute Gasteiger partial charge is 0.326 e. The third-order valence-electron chi connectivity index (χ3n) is 4.76. The van der Waals surface area contributed by atoms with Crippen molar-refractivity contribution in [3.05, 3.63) is 29.8 Å². The molecule has 0 saturated heterocycles. The Balaban J connectivity index is 2.19. The maximum atomic E-state index is 12.8. The van der Waals surface area contributed by atoms with E-state index >= 15 is 0 Å². The maximum absolute atomic E-state index is 12.8. The summed E-state index contributed by atoms with van der Waals surface area (Å²) < 4.78 is 27.2. The molecule has 118 valence electrons. The van der Waals surface area contributed by atoms with Gasteiger partial charge in [0.05, 0.1) is 4.90 Å². The first-order valence-corrected chi connectivity index (χ1v) is 9.20. The molecule has 2 rings (SSSR count). The molecule has 1 aromatic carbocycles. The van der Waals surface area contributed by atoms with Crippen molar-refractivity contribution in [2.24, 2.45) is 11.7 Å². The fraction of sp³-hybridized carbons (Fsp3) is 0.625. The lowest BCUT2D eigenvalue weighted by molar-refractivity contribution is 0.233. The van der Waals surface area contributed by atoms with E-state index in [1.807, 2.05) is 6.07 Å². The van der Waals surface area contributed by atoms with Gasteiger partial charge < -0.3 is 5.73 Å². The van der Waals surface area contributed by atoms with Gasteiger partial charge in [-0.05, 0) is 43.2 Å². The molecule has 1 aromatic rings. The molecule has 0 aromatic heterocycles. The first kappa shape index (κ1) is 16.5. The van der Waals surface area contributed by atoms with Gasteiger partial charge in [0.2, 0.25) is 10.0 Å². The molecule has 1 aliphatic rings. The minimum absolute atomic E-state index is 0.114. The van der Waals surface area contributed by atoms with Crippen LogP contribution in [0.2, 0.25) is 0 Å². The summed E-state index contributed by atoms with van der Waals surface area (Å²) in [6, 6.07) is 7.14. The Morgan fingerprint density at radius 3 is 2.38 bits per heavy atom. The third kappa shape index (κ3) is 3.47. The van der Waals surface area contributed by atoms with E-state index in [4.69, 9.17) is 5.73 Å². The molecule has 4 nitrogen and oxygen atoms in total. The molecule has 1 aliphatic carbocycles. The topological polar surface area (TPSA) is 63.4 Å². The molecular formula is C16H26N2O2S. The van der Waals surface area contributed by atoms with Crippen molar-refractivity contribution in [2.45, 2.75) is 56.5 Å². The summed E-state index contributed by atoms with van der Waals surface area (Å²) in [4.78, 5) is 0.354. The van der Waals surface area contributed by atoms with Gasteiger partial charge in [0.15, 0.2) is 0 Å². The van der Waals surface area contributed by atoms with Crippen LogP contribution in [0.15, 0.2) is 29.2 Å². The van der Waals surface area contributed by atoms with Gasteiger partial charge in [0.1, 0.15) is 0 Å². The third-order valence-corrected chi connectivity index (χ3v) is 6.77. The SMILES string of the molecule is CCC1CCC(N(C)S(=O)(=O)c2ccccc2CN)CC1.